The Kier molecular flexibility index (Phi) is 7.97. The summed E-state index contributed by atoms with van der Waals surface area (Å²) in [6.07, 6.45) is 18.6. The summed E-state index contributed by atoms with van der Waals surface area (Å²) in [5.74, 6) is 1.62. The molecule has 0 saturated heterocycles. The molecule has 7 atom stereocenters. The van der Waals surface area contributed by atoms with Gasteiger partial charge in [0.25, 0.3) is 0 Å². The third-order valence-electron chi connectivity index (χ3n) is 10.7. The zero-order valence-electron chi connectivity index (χ0n) is 23.8. The second kappa shape index (κ2) is 10.9. The minimum atomic E-state index is -0.635. The molecule has 0 spiro atoms. The predicted octanol–water partition coefficient (Wildman–Crippen LogP) is 6.69. The van der Waals surface area contributed by atoms with Gasteiger partial charge >= 0.3 is 0 Å². The lowest BCUT2D eigenvalue weighted by Gasteiger charge is -2.44. The largest absolute Gasteiger partial charge is 0.393 e. The Balaban J connectivity index is 1.27. The van der Waals surface area contributed by atoms with E-state index < -0.39 is 18.3 Å². The van der Waals surface area contributed by atoms with Crippen molar-refractivity contribution in [1.82, 2.24) is 4.98 Å². The number of aliphatic hydroxyl groups excluding tert-OH is 3. The van der Waals surface area contributed by atoms with E-state index in [9.17, 15) is 15.3 Å². The molecule has 5 rings (SSSR count). The Morgan fingerprint density at radius 3 is 2.66 bits per heavy atom. The molecular formula is C34H49NO3. The average Bonchev–Trinajstić information content (AvgIpc) is 3.42. The van der Waals surface area contributed by atoms with Crippen LogP contribution in [0.1, 0.15) is 96.4 Å². The van der Waals surface area contributed by atoms with Gasteiger partial charge in [0.1, 0.15) is 0 Å². The molecule has 4 heteroatoms. The van der Waals surface area contributed by atoms with E-state index in [1.165, 1.54) is 42.6 Å². The van der Waals surface area contributed by atoms with Gasteiger partial charge in [-0.15, -0.1) is 0 Å². The molecule has 38 heavy (non-hydrogen) atoms. The van der Waals surface area contributed by atoms with E-state index in [4.69, 9.17) is 0 Å². The standard InChI is InChI=1S/C34H49NO3/c1-5-7-26-12-15-31(35-26)34(18-19-34)32(38)16-9-22(2)28-13-14-29-24(8-6-17-33(28,29)4)10-11-25-20-27(36)21-30(37)23(25)3/h9-12,15-16,22,27-30,32,35-38H,3,5-8,13-14,17-21H2,1-2,4H3/t22-,27-,28-,29+,30+,32+,33-/m1/s1. The van der Waals surface area contributed by atoms with Crippen LogP contribution in [0.4, 0.5) is 0 Å². The Bertz CT molecular complexity index is 1100. The van der Waals surface area contributed by atoms with Crippen molar-refractivity contribution in [2.45, 2.75) is 115 Å². The lowest BCUT2D eigenvalue weighted by Crippen LogP contribution is -2.35. The SMILES string of the molecule is C=C1C(=CC=C2CCC[C@]3(C)[C@@H]([C@H](C)C=C[C@H](O)C4(c5ccc(CCC)[nH]5)CC4)CC[C@@H]23)C[C@@H](O)C[C@@H]1O. The van der Waals surface area contributed by atoms with Gasteiger partial charge in [0.15, 0.2) is 0 Å². The fraction of sp³-hybridized carbons (Fsp3) is 0.647. The highest BCUT2D eigenvalue weighted by molar-refractivity contribution is 5.39. The fourth-order valence-corrected chi connectivity index (χ4v) is 8.21. The van der Waals surface area contributed by atoms with Crippen molar-refractivity contribution in [3.05, 3.63) is 71.1 Å². The fourth-order valence-electron chi connectivity index (χ4n) is 8.21. The molecule has 4 nitrogen and oxygen atoms in total. The number of aliphatic hydroxyl groups is 3. The summed E-state index contributed by atoms with van der Waals surface area (Å²) in [7, 11) is 0. The highest BCUT2D eigenvalue weighted by Gasteiger charge is 2.52. The van der Waals surface area contributed by atoms with Crippen LogP contribution in [-0.2, 0) is 11.8 Å². The first kappa shape index (κ1) is 27.7. The van der Waals surface area contributed by atoms with Crippen LogP contribution in [0.3, 0.4) is 0 Å². The molecule has 0 amide bonds. The molecule has 0 unspecified atom stereocenters. The zero-order valence-corrected chi connectivity index (χ0v) is 23.8. The number of aromatic amines is 1. The first-order valence-corrected chi connectivity index (χ1v) is 15.2. The number of fused-ring (bicyclic) bond motifs is 1. The molecular weight excluding hydrogens is 470 g/mol. The molecule has 4 N–H and O–H groups in total. The Hall–Kier alpha value is -1.88. The van der Waals surface area contributed by atoms with Crippen molar-refractivity contribution >= 4 is 0 Å². The summed E-state index contributed by atoms with van der Waals surface area (Å²) in [6, 6.07) is 4.38. The van der Waals surface area contributed by atoms with E-state index in [-0.39, 0.29) is 10.8 Å². The molecule has 1 aromatic heterocycles. The molecule has 208 valence electrons. The Labute approximate surface area is 229 Å². The van der Waals surface area contributed by atoms with Crippen LogP contribution >= 0.6 is 0 Å². The first-order valence-electron chi connectivity index (χ1n) is 15.2. The second-order valence-corrected chi connectivity index (χ2v) is 13.2. The van der Waals surface area contributed by atoms with Crippen LogP contribution < -0.4 is 0 Å². The number of rotatable bonds is 8. The maximum Gasteiger partial charge on any atom is 0.0831 e. The molecule has 4 saturated carbocycles. The minimum absolute atomic E-state index is 0.122. The monoisotopic (exact) mass is 519 g/mol. The van der Waals surface area contributed by atoms with E-state index in [0.717, 1.165) is 43.3 Å². The van der Waals surface area contributed by atoms with Crippen molar-refractivity contribution in [1.29, 1.82) is 0 Å². The van der Waals surface area contributed by atoms with Gasteiger partial charge in [-0.3, -0.25) is 0 Å². The van der Waals surface area contributed by atoms with Gasteiger partial charge in [-0.1, -0.05) is 63.6 Å². The quantitative estimate of drug-likeness (QED) is 0.289. The highest BCUT2D eigenvalue weighted by Crippen LogP contribution is 2.60. The minimum Gasteiger partial charge on any atom is -0.393 e. The molecule has 0 radical (unpaired) electrons. The van der Waals surface area contributed by atoms with Crippen molar-refractivity contribution in [3.63, 3.8) is 0 Å². The molecule has 1 aromatic rings. The second-order valence-electron chi connectivity index (χ2n) is 13.2. The van der Waals surface area contributed by atoms with Crippen LogP contribution in [0.15, 0.2) is 59.7 Å². The van der Waals surface area contributed by atoms with E-state index in [1.54, 1.807) is 0 Å². The van der Waals surface area contributed by atoms with Crippen LogP contribution in [0, 0.1) is 23.2 Å². The van der Waals surface area contributed by atoms with Gasteiger partial charge in [-0.2, -0.15) is 0 Å². The maximum absolute atomic E-state index is 11.2. The third kappa shape index (κ3) is 5.17. The van der Waals surface area contributed by atoms with E-state index >= 15 is 0 Å². The summed E-state index contributed by atoms with van der Waals surface area (Å²) in [6.45, 7) is 11.1. The van der Waals surface area contributed by atoms with Crippen LogP contribution in [0.2, 0.25) is 0 Å². The molecule has 0 bridgehead atoms. The molecule has 0 aromatic carbocycles. The van der Waals surface area contributed by atoms with Crippen LogP contribution in [-0.4, -0.2) is 38.6 Å². The third-order valence-corrected chi connectivity index (χ3v) is 10.7. The maximum atomic E-state index is 11.2. The van der Waals surface area contributed by atoms with E-state index in [2.05, 4.69) is 68.8 Å². The van der Waals surface area contributed by atoms with Crippen LogP contribution in [0.5, 0.6) is 0 Å². The van der Waals surface area contributed by atoms with Crippen molar-refractivity contribution in [2.24, 2.45) is 23.2 Å². The number of hydrogen-bond donors (Lipinski definition) is 4. The first-order chi connectivity index (χ1) is 18.2. The summed E-state index contributed by atoms with van der Waals surface area (Å²) in [5.41, 5.74) is 5.92. The molecule has 1 heterocycles. The number of H-pyrrole nitrogens is 1. The van der Waals surface area contributed by atoms with Crippen molar-refractivity contribution in [3.8, 4) is 0 Å². The van der Waals surface area contributed by atoms with Gasteiger partial charge in [0.2, 0.25) is 0 Å². The molecule has 4 aliphatic rings. The summed E-state index contributed by atoms with van der Waals surface area (Å²) < 4.78 is 0. The summed E-state index contributed by atoms with van der Waals surface area (Å²) >= 11 is 0. The number of nitrogens with one attached hydrogen (secondary N) is 1. The Morgan fingerprint density at radius 2 is 1.92 bits per heavy atom. The smallest absolute Gasteiger partial charge is 0.0831 e. The average molecular weight is 520 g/mol. The molecule has 4 aliphatic carbocycles. The molecule has 0 aliphatic heterocycles. The number of aromatic nitrogens is 1. The zero-order chi connectivity index (χ0) is 27.1. The van der Waals surface area contributed by atoms with Crippen molar-refractivity contribution < 1.29 is 15.3 Å². The van der Waals surface area contributed by atoms with Crippen molar-refractivity contribution in [2.75, 3.05) is 0 Å². The number of hydrogen-bond acceptors (Lipinski definition) is 3. The van der Waals surface area contributed by atoms with Gasteiger partial charge in [-0.05, 0) is 104 Å². The van der Waals surface area contributed by atoms with E-state index in [0.29, 0.717) is 30.6 Å². The van der Waals surface area contributed by atoms with Gasteiger partial charge in [-0.25, -0.2) is 0 Å². The van der Waals surface area contributed by atoms with Crippen LogP contribution in [0.25, 0.3) is 0 Å². The van der Waals surface area contributed by atoms with E-state index in [1.807, 2.05) is 0 Å². The highest BCUT2D eigenvalue weighted by atomic mass is 16.3. The van der Waals surface area contributed by atoms with Gasteiger partial charge in [0, 0.05) is 23.2 Å². The lowest BCUT2D eigenvalue weighted by atomic mass is 9.61. The molecule has 4 fully saturated rings. The van der Waals surface area contributed by atoms with Gasteiger partial charge in [0.05, 0.1) is 18.3 Å². The van der Waals surface area contributed by atoms with Gasteiger partial charge < -0.3 is 20.3 Å². The topological polar surface area (TPSA) is 76.5 Å². The summed E-state index contributed by atoms with van der Waals surface area (Å²) in [4.78, 5) is 3.59. The number of aryl methyl sites for hydroxylation is 1. The normalized spacial score (nSPS) is 36.6. The summed E-state index contributed by atoms with van der Waals surface area (Å²) in [5, 5.41) is 31.6. The lowest BCUT2D eigenvalue weighted by molar-refractivity contribution is 0.0862. The number of allylic oxidation sites excluding steroid dienone is 4. The predicted molar refractivity (Wildman–Crippen MR) is 155 cm³/mol. The Morgan fingerprint density at radius 1 is 1.13 bits per heavy atom.